The molecule has 3 aromatic rings. The quantitative estimate of drug-likeness (QED) is 0.741. The summed E-state index contributed by atoms with van der Waals surface area (Å²) in [7, 11) is 0. The largest absolute Gasteiger partial charge is 0.382 e. The molecule has 1 amide bonds. The molecule has 0 spiro atoms. The average molecular weight is 368 g/mol. The Balaban J connectivity index is 1.82. The Hall–Kier alpha value is -2.09. The number of nitrogens with one attached hydrogen (secondary N) is 1. The predicted molar refractivity (Wildman–Crippen MR) is 91.3 cm³/mol. The smallest absolute Gasteiger partial charge is 0.276 e. The third-order valence-electron chi connectivity index (χ3n) is 3.06. The topological polar surface area (TPSA) is 85.8 Å². The number of benzene rings is 1. The molecule has 0 aliphatic rings. The summed E-state index contributed by atoms with van der Waals surface area (Å²) in [6.07, 6.45) is 0. The predicted octanol–water partition coefficient (Wildman–Crippen LogP) is 3.15. The van der Waals surface area contributed by atoms with Gasteiger partial charge in [-0.25, -0.2) is 0 Å². The van der Waals surface area contributed by atoms with Crippen molar-refractivity contribution in [3.63, 3.8) is 0 Å². The Kier molecular flexibility index (Phi) is 4.51. The number of nitrogens with two attached hydrogens (primary N) is 1. The molecule has 6 nitrogen and oxygen atoms in total. The highest BCUT2D eigenvalue weighted by Gasteiger charge is 2.19. The van der Waals surface area contributed by atoms with Crippen LogP contribution in [0.3, 0.4) is 0 Å². The van der Waals surface area contributed by atoms with Crippen molar-refractivity contribution in [1.82, 2.24) is 20.3 Å². The molecule has 0 radical (unpaired) electrons. The summed E-state index contributed by atoms with van der Waals surface area (Å²) in [5.74, 6) is -0.287. The SMILES string of the molecule is Nc1c(C(=O)NCc2cccs2)nnn1-c1ccc(Cl)cc1Cl. The molecule has 0 aliphatic heterocycles. The molecular weight excluding hydrogens is 357 g/mol. The summed E-state index contributed by atoms with van der Waals surface area (Å²) in [5, 5.41) is 13.3. The Morgan fingerprint density at radius 1 is 1.35 bits per heavy atom. The third-order valence-corrected chi connectivity index (χ3v) is 4.48. The average Bonchev–Trinajstić information content (AvgIpc) is 3.15. The van der Waals surface area contributed by atoms with Gasteiger partial charge in [0.25, 0.3) is 5.91 Å². The first kappa shape index (κ1) is 15.8. The van der Waals surface area contributed by atoms with E-state index < -0.39 is 5.91 Å². The maximum absolute atomic E-state index is 12.2. The Labute approximate surface area is 145 Å². The summed E-state index contributed by atoms with van der Waals surface area (Å²) in [6, 6.07) is 8.72. The minimum atomic E-state index is -0.396. The number of thiophene rings is 1. The van der Waals surface area contributed by atoms with Crippen molar-refractivity contribution in [3.05, 3.63) is 56.3 Å². The number of nitrogens with zero attached hydrogens (tertiary/aromatic N) is 3. The van der Waals surface area contributed by atoms with Gasteiger partial charge in [0.15, 0.2) is 11.5 Å². The highest BCUT2D eigenvalue weighted by molar-refractivity contribution is 7.09. The third kappa shape index (κ3) is 3.31. The van der Waals surface area contributed by atoms with E-state index in [2.05, 4.69) is 15.6 Å². The summed E-state index contributed by atoms with van der Waals surface area (Å²) in [6.45, 7) is 0.407. The normalized spacial score (nSPS) is 10.7. The van der Waals surface area contributed by atoms with Gasteiger partial charge in [-0.05, 0) is 29.6 Å². The van der Waals surface area contributed by atoms with Gasteiger partial charge in [-0.2, -0.15) is 4.68 Å². The van der Waals surface area contributed by atoms with Gasteiger partial charge in [0.05, 0.1) is 17.3 Å². The highest BCUT2D eigenvalue weighted by atomic mass is 35.5. The van der Waals surface area contributed by atoms with Crippen molar-refractivity contribution in [2.24, 2.45) is 0 Å². The molecule has 9 heteroatoms. The van der Waals surface area contributed by atoms with Gasteiger partial charge in [0.1, 0.15) is 0 Å². The molecule has 0 aliphatic carbocycles. The van der Waals surface area contributed by atoms with Crippen LogP contribution >= 0.6 is 34.5 Å². The van der Waals surface area contributed by atoms with Crippen LogP contribution in [0.4, 0.5) is 5.82 Å². The molecule has 0 bridgehead atoms. The zero-order chi connectivity index (χ0) is 16.4. The standard InChI is InChI=1S/C14H11Cl2N5OS/c15-8-3-4-11(10(16)6-8)21-13(17)12(19-20-21)14(22)18-7-9-2-1-5-23-9/h1-6H,7,17H2,(H,18,22). The molecule has 0 atom stereocenters. The lowest BCUT2D eigenvalue weighted by atomic mass is 10.3. The minimum absolute atomic E-state index is 0.0487. The Morgan fingerprint density at radius 2 is 2.17 bits per heavy atom. The molecule has 0 saturated heterocycles. The minimum Gasteiger partial charge on any atom is -0.382 e. The fourth-order valence-electron chi connectivity index (χ4n) is 1.95. The fourth-order valence-corrected chi connectivity index (χ4v) is 3.08. The second kappa shape index (κ2) is 6.57. The van der Waals surface area contributed by atoms with Gasteiger partial charge < -0.3 is 11.1 Å². The van der Waals surface area contributed by atoms with Crippen LogP contribution in [-0.4, -0.2) is 20.9 Å². The molecule has 0 saturated carbocycles. The maximum Gasteiger partial charge on any atom is 0.276 e. The molecule has 3 N–H and O–H groups in total. The van der Waals surface area contributed by atoms with E-state index in [1.54, 1.807) is 29.5 Å². The second-order valence-corrected chi connectivity index (χ2v) is 6.47. The number of carbonyl (C=O) groups excluding carboxylic acids is 1. The number of anilines is 1. The summed E-state index contributed by atoms with van der Waals surface area (Å²) in [5.41, 5.74) is 6.53. The fraction of sp³-hybridized carbons (Fsp3) is 0.0714. The van der Waals surface area contributed by atoms with E-state index in [0.29, 0.717) is 22.3 Å². The molecule has 2 heterocycles. The number of hydrogen-bond acceptors (Lipinski definition) is 5. The number of rotatable bonds is 4. The van der Waals surface area contributed by atoms with E-state index in [1.165, 1.54) is 4.68 Å². The zero-order valence-electron chi connectivity index (χ0n) is 11.7. The zero-order valence-corrected chi connectivity index (χ0v) is 14.0. The Morgan fingerprint density at radius 3 is 2.87 bits per heavy atom. The van der Waals surface area contributed by atoms with Crippen molar-refractivity contribution in [2.45, 2.75) is 6.54 Å². The van der Waals surface area contributed by atoms with Crippen LogP contribution in [0, 0.1) is 0 Å². The highest BCUT2D eigenvalue weighted by Crippen LogP contribution is 2.26. The summed E-state index contributed by atoms with van der Waals surface area (Å²) < 4.78 is 1.30. The summed E-state index contributed by atoms with van der Waals surface area (Å²) >= 11 is 13.5. The van der Waals surface area contributed by atoms with Crippen LogP contribution in [0.5, 0.6) is 0 Å². The van der Waals surface area contributed by atoms with Crippen molar-refractivity contribution < 1.29 is 4.79 Å². The molecule has 2 aromatic heterocycles. The van der Waals surface area contributed by atoms with Crippen LogP contribution in [0.1, 0.15) is 15.4 Å². The molecule has 118 valence electrons. The van der Waals surface area contributed by atoms with Crippen LogP contribution in [0.2, 0.25) is 10.0 Å². The van der Waals surface area contributed by atoms with Crippen LogP contribution < -0.4 is 11.1 Å². The second-order valence-electron chi connectivity index (χ2n) is 4.59. The summed E-state index contributed by atoms with van der Waals surface area (Å²) in [4.78, 5) is 13.2. The van der Waals surface area contributed by atoms with Crippen molar-refractivity contribution >= 4 is 46.3 Å². The molecule has 23 heavy (non-hydrogen) atoms. The van der Waals surface area contributed by atoms with Crippen molar-refractivity contribution in [2.75, 3.05) is 5.73 Å². The van der Waals surface area contributed by atoms with Crippen molar-refractivity contribution in [1.29, 1.82) is 0 Å². The molecule has 1 aromatic carbocycles. The van der Waals surface area contributed by atoms with Gasteiger partial charge >= 0.3 is 0 Å². The monoisotopic (exact) mass is 367 g/mol. The number of amides is 1. The molecular formula is C14H11Cl2N5OS. The lowest BCUT2D eigenvalue weighted by Crippen LogP contribution is -2.23. The first-order valence-corrected chi connectivity index (χ1v) is 8.17. The number of aromatic nitrogens is 3. The van der Waals surface area contributed by atoms with Gasteiger partial charge in [0.2, 0.25) is 0 Å². The number of carbonyl (C=O) groups is 1. The van der Waals surface area contributed by atoms with E-state index in [9.17, 15) is 4.79 Å². The number of nitrogen functional groups attached to an aromatic ring is 1. The molecule has 0 unspecified atom stereocenters. The first-order valence-electron chi connectivity index (χ1n) is 6.53. The number of halogens is 2. The first-order chi connectivity index (χ1) is 11.1. The van der Waals surface area contributed by atoms with Gasteiger partial charge in [-0.1, -0.05) is 34.5 Å². The van der Waals surface area contributed by atoms with Gasteiger partial charge in [-0.15, -0.1) is 16.4 Å². The van der Waals surface area contributed by atoms with E-state index in [-0.39, 0.29) is 11.5 Å². The molecule has 3 rings (SSSR count). The van der Waals surface area contributed by atoms with E-state index >= 15 is 0 Å². The lowest BCUT2D eigenvalue weighted by molar-refractivity contribution is 0.0947. The van der Waals surface area contributed by atoms with Gasteiger partial charge in [-0.3, -0.25) is 4.79 Å². The lowest BCUT2D eigenvalue weighted by Gasteiger charge is -2.06. The number of hydrogen-bond donors (Lipinski definition) is 2. The van der Waals surface area contributed by atoms with Crippen LogP contribution in [0.25, 0.3) is 5.69 Å². The van der Waals surface area contributed by atoms with Gasteiger partial charge in [0, 0.05) is 9.90 Å². The Bertz CT molecular complexity index is 847. The van der Waals surface area contributed by atoms with Crippen molar-refractivity contribution in [3.8, 4) is 5.69 Å². The van der Waals surface area contributed by atoms with E-state index in [1.807, 2.05) is 17.5 Å². The van der Waals surface area contributed by atoms with Crippen LogP contribution in [0.15, 0.2) is 35.7 Å². The van der Waals surface area contributed by atoms with Crippen LogP contribution in [-0.2, 0) is 6.54 Å². The van der Waals surface area contributed by atoms with E-state index in [0.717, 1.165) is 4.88 Å². The maximum atomic E-state index is 12.2. The van der Waals surface area contributed by atoms with E-state index in [4.69, 9.17) is 28.9 Å². The molecule has 0 fully saturated rings.